The van der Waals surface area contributed by atoms with Crippen LogP contribution in [0.1, 0.15) is 82.3 Å². The van der Waals surface area contributed by atoms with E-state index in [-0.39, 0.29) is 17.1 Å². The maximum atomic E-state index is 15.4. The summed E-state index contributed by atoms with van der Waals surface area (Å²) >= 11 is 0. The smallest absolute Gasteiger partial charge is 0.137 e. The van der Waals surface area contributed by atoms with Crippen molar-refractivity contribution < 1.29 is 8.78 Å². The van der Waals surface area contributed by atoms with Gasteiger partial charge in [-0.2, -0.15) is 0 Å². The zero-order valence-electron chi connectivity index (χ0n) is 17.9. The topological polar surface area (TPSA) is 0 Å². The van der Waals surface area contributed by atoms with Gasteiger partial charge in [-0.15, -0.1) is 0 Å². The van der Waals surface area contributed by atoms with Crippen molar-refractivity contribution in [1.82, 2.24) is 0 Å². The summed E-state index contributed by atoms with van der Waals surface area (Å²) < 4.78 is 30.3. The molecule has 2 heteroatoms. The Morgan fingerprint density at radius 3 is 2.59 bits per heavy atom. The molecule has 29 heavy (non-hydrogen) atoms. The Kier molecular flexibility index (Phi) is 6.37. The second-order valence-corrected chi connectivity index (χ2v) is 9.37. The van der Waals surface area contributed by atoms with Gasteiger partial charge >= 0.3 is 0 Å². The molecule has 0 amide bonds. The standard InChI is InChI=1S/C27H34F2/c1-3-5-6-7-19-15-23-12-13-24(27(29)26(23)25(28)16-19)22-11-10-20-14-18(4-2)8-9-21(20)17-22/h3,5,12-13,15-16,18,20-22H,4,6-11,14,17H2,1-2H3. The highest BCUT2D eigenvalue weighted by Crippen LogP contribution is 2.49. The van der Waals surface area contributed by atoms with E-state index in [9.17, 15) is 4.39 Å². The fourth-order valence-electron chi connectivity index (χ4n) is 5.96. The molecule has 2 fully saturated rings. The van der Waals surface area contributed by atoms with Crippen molar-refractivity contribution in [1.29, 1.82) is 0 Å². The molecule has 2 aromatic carbocycles. The zero-order valence-corrected chi connectivity index (χ0v) is 17.9. The predicted molar refractivity (Wildman–Crippen MR) is 118 cm³/mol. The monoisotopic (exact) mass is 396 g/mol. The van der Waals surface area contributed by atoms with E-state index in [4.69, 9.17) is 0 Å². The number of benzene rings is 2. The maximum Gasteiger partial charge on any atom is 0.137 e. The molecule has 0 bridgehead atoms. The van der Waals surface area contributed by atoms with Crippen molar-refractivity contribution in [3.63, 3.8) is 0 Å². The highest BCUT2D eigenvalue weighted by Gasteiger charge is 2.36. The van der Waals surface area contributed by atoms with Crippen LogP contribution in [-0.4, -0.2) is 0 Å². The first-order valence-electron chi connectivity index (χ1n) is 11.6. The largest absolute Gasteiger partial charge is 0.206 e. The molecule has 156 valence electrons. The molecule has 0 spiro atoms. The molecule has 2 aliphatic carbocycles. The van der Waals surface area contributed by atoms with Gasteiger partial charge < -0.3 is 0 Å². The summed E-state index contributed by atoms with van der Waals surface area (Å²) in [5.74, 6) is 1.96. The molecule has 4 rings (SSSR count). The van der Waals surface area contributed by atoms with Crippen molar-refractivity contribution in [2.45, 2.75) is 77.6 Å². The normalized spacial score (nSPS) is 27.4. The number of halogens is 2. The van der Waals surface area contributed by atoms with Gasteiger partial charge in [0, 0.05) is 0 Å². The third-order valence-electron chi connectivity index (χ3n) is 7.67. The quantitative estimate of drug-likeness (QED) is 0.446. The summed E-state index contributed by atoms with van der Waals surface area (Å²) in [5.41, 5.74) is 1.68. The van der Waals surface area contributed by atoms with E-state index in [1.54, 1.807) is 0 Å². The summed E-state index contributed by atoms with van der Waals surface area (Å²) in [6.45, 7) is 4.29. The third-order valence-corrected chi connectivity index (χ3v) is 7.67. The highest BCUT2D eigenvalue weighted by atomic mass is 19.1. The van der Waals surface area contributed by atoms with Gasteiger partial charge in [0.1, 0.15) is 11.6 Å². The summed E-state index contributed by atoms with van der Waals surface area (Å²) in [7, 11) is 0. The summed E-state index contributed by atoms with van der Waals surface area (Å²) in [6, 6.07) is 7.37. The fraction of sp³-hybridized carbons (Fsp3) is 0.556. The zero-order chi connectivity index (χ0) is 20.4. The Bertz CT molecular complexity index is 882. The Hall–Kier alpha value is -1.70. The van der Waals surface area contributed by atoms with Crippen LogP contribution < -0.4 is 0 Å². The van der Waals surface area contributed by atoms with E-state index >= 15 is 4.39 Å². The number of aryl methyl sites for hydroxylation is 1. The van der Waals surface area contributed by atoms with Crippen molar-refractivity contribution in [2.24, 2.45) is 17.8 Å². The summed E-state index contributed by atoms with van der Waals surface area (Å²) in [6.07, 6.45) is 14.3. The molecule has 0 aromatic heterocycles. The second kappa shape index (κ2) is 8.98. The lowest BCUT2D eigenvalue weighted by molar-refractivity contribution is 0.116. The van der Waals surface area contributed by atoms with Crippen molar-refractivity contribution >= 4 is 10.8 Å². The Morgan fingerprint density at radius 1 is 1.00 bits per heavy atom. The van der Waals surface area contributed by atoms with Gasteiger partial charge in [0.15, 0.2) is 0 Å². The third kappa shape index (κ3) is 4.27. The van der Waals surface area contributed by atoms with Crippen LogP contribution in [0, 0.1) is 29.4 Å². The average Bonchev–Trinajstić information content (AvgIpc) is 2.73. The van der Waals surface area contributed by atoms with Gasteiger partial charge in [-0.05, 0) is 98.1 Å². The molecule has 0 heterocycles. The first kappa shape index (κ1) is 20.6. The van der Waals surface area contributed by atoms with Gasteiger partial charge in [0.05, 0.1) is 5.39 Å². The van der Waals surface area contributed by atoms with Crippen molar-refractivity contribution in [3.8, 4) is 0 Å². The lowest BCUT2D eigenvalue weighted by Gasteiger charge is -2.42. The van der Waals surface area contributed by atoms with E-state index in [1.165, 1.54) is 38.2 Å². The lowest BCUT2D eigenvalue weighted by atomic mass is 9.63. The molecule has 0 aliphatic heterocycles. The molecular formula is C27H34F2. The van der Waals surface area contributed by atoms with Crippen LogP contribution in [0.2, 0.25) is 0 Å². The number of fused-ring (bicyclic) bond motifs is 2. The fourth-order valence-corrected chi connectivity index (χ4v) is 5.96. The Balaban J connectivity index is 1.56. The van der Waals surface area contributed by atoms with Crippen molar-refractivity contribution in [3.05, 3.63) is 59.2 Å². The van der Waals surface area contributed by atoms with Crippen LogP contribution in [0.4, 0.5) is 8.78 Å². The molecule has 2 aliphatic rings. The first-order chi connectivity index (χ1) is 14.1. The van der Waals surface area contributed by atoms with Crippen LogP contribution in [0.5, 0.6) is 0 Å². The van der Waals surface area contributed by atoms with Gasteiger partial charge in [-0.3, -0.25) is 0 Å². The van der Waals surface area contributed by atoms with Crippen LogP contribution in [0.25, 0.3) is 10.8 Å². The maximum absolute atomic E-state index is 15.4. The van der Waals surface area contributed by atoms with Crippen LogP contribution in [-0.2, 0) is 6.42 Å². The van der Waals surface area contributed by atoms with Crippen LogP contribution in [0.3, 0.4) is 0 Å². The summed E-state index contributed by atoms with van der Waals surface area (Å²) in [5, 5.41) is 0.882. The SMILES string of the molecule is CC=CCCc1cc(F)c2c(F)c(C3CCC4CC(CC)CCC4C3)ccc2c1. The van der Waals surface area contributed by atoms with E-state index in [2.05, 4.69) is 13.0 Å². The van der Waals surface area contributed by atoms with E-state index < -0.39 is 5.82 Å². The molecule has 0 nitrogen and oxygen atoms in total. The molecule has 0 radical (unpaired) electrons. The lowest BCUT2D eigenvalue weighted by Crippen LogP contribution is -2.30. The molecule has 4 unspecified atom stereocenters. The summed E-state index contributed by atoms with van der Waals surface area (Å²) in [4.78, 5) is 0. The molecule has 4 atom stereocenters. The average molecular weight is 397 g/mol. The number of rotatable bonds is 5. The van der Waals surface area contributed by atoms with E-state index in [0.717, 1.165) is 54.6 Å². The number of hydrogen-bond acceptors (Lipinski definition) is 0. The van der Waals surface area contributed by atoms with Crippen molar-refractivity contribution in [2.75, 3.05) is 0 Å². The minimum absolute atomic E-state index is 0.189. The molecule has 0 saturated heterocycles. The second-order valence-electron chi connectivity index (χ2n) is 9.37. The van der Waals surface area contributed by atoms with Crippen LogP contribution in [0.15, 0.2) is 36.4 Å². The minimum atomic E-state index is -0.408. The van der Waals surface area contributed by atoms with Gasteiger partial charge in [0.25, 0.3) is 0 Å². The predicted octanol–water partition coefficient (Wildman–Crippen LogP) is 8.34. The molecule has 0 N–H and O–H groups in total. The molecule has 2 saturated carbocycles. The number of hydrogen-bond donors (Lipinski definition) is 0. The molecule has 2 aromatic rings. The van der Waals surface area contributed by atoms with Gasteiger partial charge in [0.2, 0.25) is 0 Å². The van der Waals surface area contributed by atoms with E-state index in [0.29, 0.717) is 5.39 Å². The van der Waals surface area contributed by atoms with Gasteiger partial charge in [-0.1, -0.05) is 50.1 Å². The Labute approximate surface area is 174 Å². The van der Waals surface area contributed by atoms with Crippen LogP contribution >= 0.6 is 0 Å². The first-order valence-corrected chi connectivity index (χ1v) is 11.6. The molecular weight excluding hydrogens is 362 g/mol. The van der Waals surface area contributed by atoms with Gasteiger partial charge in [-0.25, -0.2) is 8.78 Å². The Morgan fingerprint density at radius 2 is 1.79 bits per heavy atom. The minimum Gasteiger partial charge on any atom is -0.206 e. The van der Waals surface area contributed by atoms with E-state index in [1.807, 2.05) is 31.2 Å². The highest BCUT2D eigenvalue weighted by molar-refractivity contribution is 5.85. The number of allylic oxidation sites excluding steroid dienone is 2.